The van der Waals surface area contributed by atoms with Crippen molar-refractivity contribution in [1.29, 1.82) is 10.8 Å². The first-order chi connectivity index (χ1) is 3.30. The zero-order valence-corrected chi connectivity index (χ0v) is 3.65. The average molecular weight is 92.1 g/mol. The Morgan fingerprint density at radius 2 is 1.57 bits per heavy atom. The molecule has 0 radical (unpaired) electrons. The van der Waals surface area contributed by atoms with E-state index < -0.39 is 0 Å². The maximum absolute atomic E-state index is 6.88. The lowest BCUT2D eigenvalue weighted by atomic mass is 10.3. The number of hydrogen-bond donors (Lipinski definition) is 2. The molecule has 0 atom stereocenters. The van der Waals surface area contributed by atoms with Gasteiger partial charge in [-0.25, -0.2) is 0 Å². The van der Waals surface area contributed by atoms with Crippen LogP contribution < -0.4 is 0 Å². The van der Waals surface area contributed by atoms with E-state index in [1.165, 1.54) is 12.2 Å². The highest BCUT2D eigenvalue weighted by Crippen LogP contribution is 1.88. The van der Waals surface area contributed by atoms with Crippen LogP contribution in [0.4, 0.5) is 0 Å². The molecule has 0 unspecified atom stereocenters. The molecule has 0 aromatic carbocycles. The Morgan fingerprint density at radius 1 is 1.14 bits per heavy atom. The van der Waals surface area contributed by atoms with Crippen LogP contribution in [0.2, 0.25) is 0 Å². The number of allylic oxidation sites excluding steroid dienone is 1. The van der Waals surface area contributed by atoms with Crippen molar-refractivity contribution in [3.63, 3.8) is 0 Å². The van der Waals surface area contributed by atoms with Crippen molar-refractivity contribution in [1.82, 2.24) is 0 Å². The third-order valence-electron chi connectivity index (χ3n) is 0.746. The van der Waals surface area contributed by atoms with Gasteiger partial charge in [0, 0.05) is 12.2 Å². The van der Waals surface area contributed by atoms with Crippen LogP contribution in [0.25, 0.3) is 0 Å². The molecule has 0 fully saturated rings. The predicted octanol–water partition coefficient (Wildman–Crippen LogP) is 0.751. The van der Waals surface area contributed by atoms with Crippen LogP contribution in [-0.4, -0.2) is 11.4 Å². The number of rotatable bonds is 0. The van der Waals surface area contributed by atoms with Gasteiger partial charge in [0.25, 0.3) is 0 Å². The topological polar surface area (TPSA) is 47.7 Å². The van der Waals surface area contributed by atoms with E-state index >= 15 is 0 Å². The van der Waals surface area contributed by atoms with Gasteiger partial charge in [0.1, 0.15) is 0 Å². The molecule has 2 heteroatoms. The molecule has 0 aliphatic heterocycles. The van der Waals surface area contributed by atoms with Gasteiger partial charge in [-0.05, 0) is 0 Å². The van der Waals surface area contributed by atoms with Crippen molar-refractivity contribution >= 4 is 11.4 Å². The van der Waals surface area contributed by atoms with Crippen molar-refractivity contribution in [2.24, 2.45) is 0 Å². The molecule has 0 spiro atoms. The predicted molar refractivity (Wildman–Crippen MR) is 28.1 cm³/mol. The molecule has 7 heavy (non-hydrogen) atoms. The summed E-state index contributed by atoms with van der Waals surface area (Å²) < 4.78 is 0. The average Bonchev–Trinajstić information content (AvgIpc) is 1.91. The summed E-state index contributed by atoms with van der Waals surface area (Å²) in [4.78, 5) is 0. The Morgan fingerprint density at radius 3 is 1.71 bits per heavy atom. The fourth-order valence-electron chi connectivity index (χ4n) is 0.364. The van der Waals surface area contributed by atoms with E-state index in [-0.39, 0.29) is 11.4 Å². The van der Waals surface area contributed by atoms with E-state index in [9.17, 15) is 0 Å². The van der Waals surface area contributed by atoms with Gasteiger partial charge in [-0.2, -0.15) is 0 Å². The molecular weight excluding hydrogens is 88.1 g/mol. The van der Waals surface area contributed by atoms with Crippen LogP contribution in [-0.2, 0) is 0 Å². The Labute approximate surface area is 41.2 Å². The Hall–Kier alpha value is -1.14. The largest absolute Gasteiger partial charge is 0.298 e. The second kappa shape index (κ2) is 1.17. The minimum absolute atomic E-state index is 0.250. The molecular formula is C5H4N2. The summed E-state index contributed by atoms with van der Waals surface area (Å²) in [6.07, 6.45) is 2.95. The van der Waals surface area contributed by atoms with Crippen LogP contribution in [0, 0.1) is 10.8 Å². The second-order valence-corrected chi connectivity index (χ2v) is 1.28. The lowest BCUT2D eigenvalue weighted by molar-refractivity contribution is 1.51. The van der Waals surface area contributed by atoms with Gasteiger partial charge in [0.05, 0.1) is 11.4 Å². The third kappa shape index (κ3) is 0.506. The van der Waals surface area contributed by atoms with Crippen molar-refractivity contribution < 1.29 is 0 Å². The number of nitrogens with one attached hydrogen (secondary N) is 2. The molecule has 0 aromatic rings. The maximum Gasteiger partial charge on any atom is 0.0872 e. The zero-order valence-electron chi connectivity index (χ0n) is 3.65. The van der Waals surface area contributed by atoms with Gasteiger partial charge in [-0.1, -0.05) is 0 Å². The first-order valence-electron chi connectivity index (χ1n) is 1.90. The van der Waals surface area contributed by atoms with Crippen LogP contribution in [0.5, 0.6) is 0 Å². The highest BCUT2D eigenvalue weighted by molar-refractivity contribution is 6.49. The summed E-state index contributed by atoms with van der Waals surface area (Å²) in [6, 6.07) is 0. The van der Waals surface area contributed by atoms with Crippen LogP contribution in [0.3, 0.4) is 0 Å². The Balaban J connectivity index is 3.00. The van der Waals surface area contributed by atoms with E-state index in [4.69, 9.17) is 10.8 Å². The van der Waals surface area contributed by atoms with E-state index in [0.29, 0.717) is 0 Å². The maximum atomic E-state index is 6.88. The molecule has 0 aromatic heterocycles. The smallest absolute Gasteiger partial charge is 0.0872 e. The second-order valence-electron chi connectivity index (χ2n) is 1.28. The fourth-order valence-corrected chi connectivity index (χ4v) is 0.364. The number of hydrogen-bond acceptors (Lipinski definition) is 2. The first kappa shape index (κ1) is 4.03. The lowest BCUT2D eigenvalue weighted by Gasteiger charge is -1.80. The molecule has 34 valence electrons. The van der Waals surface area contributed by atoms with E-state index in [0.717, 1.165) is 0 Å². The quantitative estimate of drug-likeness (QED) is 0.414. The highest BCUT2D eigenvalue weighted by Gasteiger charge is 1.98. The SMILES string of the molecule is N=C1C=C=CC1=N. The summed E-state index contributed by atoms with van der Waals surface area (Å²) in [5.41, 5.74) is 3.12. The van der Waals surface area contributed by atoms with Crippen LogP contribution in [0.1, 0.15) is 0 Å². The summed E-state index contributed by atoms with van der Waals surface area (Å²) in [5.74, 6) is 0. The summed E-state index contributed by atoms with van der Waals surface area (Å²) in [5, 5.41) is 13.8. The van der Waals surface area contributed by atoms with E-state index in [1.54, 1.807) is 0 Å². The van der Waals surface area contributed by atoms with Gasteiger partial charge in [0.2, 0.25) is 0 Å². The molecule has 0 bridgehead atoms. The first-order valence-corrected chi connectivity index (χ1v) is 1.90. The van der Waals surface area contributed by atoms with E-state index in [2.05, 4.69) is 5.73 Å². The van der Waals surface area contributed by atoms with Crippen LogP contribution in [0.15, 0.2) is 17.9 Å². The molecule has 0 saturated heterocycles. The molecule has 2 N–H and O–H groups in total. The van der Waals surface area contributed by atoms with Crippen LogP contribution >= 0.6 is 0 Å². The van der Waals surface area contributed by atoms with Gasteiger partial charge < -0.3 is 0 Å². The highest BCUT2D eigenvalue weighted by atomic mass is 14.5. The summed E-state index contributed by atoms with van der Waals surface area (Å²) >= 11 is 0. The zero-order chi connectivity index (χ0) is 5.28. The summed E-state index contributed by atoms with van der Waals surface area (Å²) in [6.45, 7) is 0. The molecule has 2 nitrogen and oxygen atoms in total. The molecule has 0 amide bonds. The molecule has 1 aliphatic rings. The Bertz CT molecular complexity index is 164. The van der Waals surface area contributed by atoms with Gasteiger partial charge in [-0.15, -0.1) is 5.73 Å². The fraction of sp³-hybridized carbons (Fsp3) is 0. The Kier molecular flexibility index (Phi) is 0.675. The minimum atomic E-state index is 0.250. The standard InChI is InChI=1S/C5H4N2/c6-4-2-1-3-5(4)7/h2-3,6-7H. The molecule has 0 heterocycles. The minimum Gasteiger partial charge on any atom is -0.298 e. The van der Waals surface area contributed by atoms with Crippen molar-refractivity contribution in [3.05, 3.63) is 17.9 Å². The van der Waals surface area contributed by atoms with Gasteiger partial charge in [-0.3, -0.25) is 10.8 Å². The summed E-state index contributed by atoms with van der Waals surface area (Å²) in [7, 11) is 0. The molecule has 1 rings (SSSR count). The third-order valence-corrected chi connectivity index (χ3v) is 0.746. The van der Waals surface area contributed by atoms with Crippen molar-refractivity contribution in [2.45, 2.75) is 0 Å². The molecule has 0 saturated carbocycles. The van der Waals surface area contributed by atoms with Gasteiger partial charge >= 0.3 is 0 Å². The molecule has 1 aliphatic carbocycles. The van der Waals surface area contributed by atoms with Crippen molar-refractivity contribution in [3.8, 4) is 0 Å². The monoisotopic (exact) mass is 92.0 g/mol. The van der Waals surface area contributed by atoms with Gasteiger partial charge in [0.15, 0.2) is 0 Å². The lowest BCUT2D eigenvalue weighted by Crippen LogP contribution is -1.99. The van der Waals surface area contributed by atoms with E-state index in [1.807, 2.05) is 0 Å². The van der Waals surface area contributed by atoms with Crippen molar-refractivity contribution in [2.75, 3.05) is 0 Å². The normalized spacial score (nSPS) is 16.6.